The van der Waals surface area contributed by atoms with E-state index in [9.17, 15) is 30.7 Å². The highest BCUT2D eigenvalue weighted by molar-refractivity contribution is 5.32. The summed E-state index contributed by atoms with van der Waals surface area (Å²) in [5, 5.41) is 0. The Morgan fingerprint density at radius 1 is 0.838 bits per heavy atom. The SMILES string of the molecule is CCCC1CC2(C1)CC(C1COC(c3cc(F)c(C(F)(F)Oc4cc(F)c(F)c(F)c4)c(F)c3)OC1)C2. The molecule has 0 aromatic heterocycles. The predicted octanol–water partition coefficient (Wildman–Crippen LogP) is 7.78. The van der Waals surface area contributed by atoms with Gasteiger partial charge in [0.25, 0.3) is 0 Å². The summed E-state index contributed by atoms with van der Waals surface area (Å²) < 4.78 is 114. The molecule has 1 saturated heterocycles. The number of halogens is 7. The average Bonchev–Trinajstić information content (AvgIpc) is 2.77. The van der Waals surface area contributed by atoms with Crippen LogP contribution < -0.4 is 4.74 Å². The van der Waals surface area contributed by atoms with Crippen molar-refractivity contribution in [2.45, 2.75) is 57.8 Å². The summed E-state index contributed by atoms with van der Waals surface area (Å²) in [6, 6.07) is 1.59. The molecular weight excluding hydrogens is 505 g/mol. The lowest BCUT2D eigenvalue weighted by molar-refractivity contribution is -0.229. The predicted molar refractivity (Wildman–Crippen MR) is 118 cm³/mol. The molecule has 0 bridgehead atoms. The summed E-state index contributed by atoms with van der Waals surface area (Å²) in [4.78, 5) is 0. The van der Waals surface area contributed by atoms with E-state index in [0.717, 1.165) is 18.8 Å². The standard InChI is InChI=1S/C27H27F7O3/c1-2-3-14-8-26(9-14)10-16(11-26)17-12-35-25(36-13-17)15-4-19(28)23(20(29)5-15)27(33,34)37-18-6-21(30)24(32)22(31)7-18/h4-7,14,16-17,25H,2-3,8-13H2,1H3. The molecule has 0 atom stereocenters. The molecule has 37 heavy (non-hydrogen) atoms. The molecule has 2 aromatic carbocycles. The van der Waals surface area contributed by atoms with Gasteiger partial charge in [0.05, 0.1) is 13.2 Å². The smallest absolute Gasteiger partial charge is 0.429 e. The Balaban J connectivity index is 1.20. The third-order valence-corrected chi connectivity index (χ3v) is 7.95. The van der Waals surface area contributed by atoms with Gasteiger partial charge in [0.1, 0.15) is 22.9 Å². The van der Waals surface area contributed by atoms with Gasteiger partial charge < -0.3 is 14.2 Å². The molecule has 1 heterocycles. The van der Waals surface area contributed by atoms with Crippen molar-refractivity contribution in [3.05, 3.63) is 64.5 Å². The van der Waals surface area contributed by atoms with Gasteiger partial charge in [0.2, 0.25) is 0 Å². The Bertz CT molecular complexity index is 1100. The van der Waals surface area contributed by atoms with Crippen LogP contribution >= 0.6 is 0 Å². The van der Waals surface area contributed by atoms with E-state index in [2.05, 4.69) is 11.7 Å². The fourth-order valence-electron chi connectivity index (χ4n) is 6.28. The van der Waals surface area contributed by atoms with Gasteiger partial charge >= 0.3 is 6.11 Å². The number of hydrogen-bond acceptors (Lipinski definition) is 3. The molecule has 0 radical (unpaired) electrons. The number of benzene rings is 2. The van der Waals surface area contributed by atoms with Crippen LogP contribution in [0.3, 0.4) is 0 Å². The zero-order valence-electron chi connectivity index (χ0n) is 20.1. The van der Waals surface area contributed by atoms with Crippen molar-refractivity contribution in [2.24, 2.45) is 23.2 Å². The summed E-state index contributed by atoms with van der Waals surface area (Å²) in [5.74, 6) is -8.49. The lowest BCUT2D eigenvalue weighted by Crippen LogP contribution is -2.51. The van der Waals surface area contributed by atoms with Gasteiger partial charge in [-0.15, -0.1) is 0 Å². The molecule has 3 nitrogen and oxygen atoms in total. The van der Waals surface area contributed by atoms with Gasteiger partial charge in [-0.3, -0.25) is 0 Å². The van der Waals surface area contributed by atoms with Crippen molar-refractivity contribution >= 4 is 0 Å². The fraction of sp³-hybridized carbons (Fsp3) is 0.556. The van der Waals surface area contributed by atoms with Gasteiger partial charge in [-0.25, -0.2) is 22.0 Å². The number of hydrogen-bond donors (Lipinski definition) is 0. The first-order chi connectivity index (χ1) is 17.5. The van der Waals surface area contributed by atoms with Crippen LogP contribution in [0.1, 0.15) is 62.9 Å². The lowest BCUT2D eigenvalue weighted by atomic mass is 9.46. The van der Waals surface area contributed by atoms with Gasteiger partial charge in [-0.2, -0.15) is 8.78 Å². The largest absolute Gasteiger partial charge is 0.432 e. The average molecular weight is 532 g/mol. The zero-order valence-corrected chi connectivity index (χ0v) is 20.1. The molecule has 202 valence electrons. The first-order valence-electron chi connectivity index (χ1n) is 12.4. The zero-order chi connectivity index (χ0) is 26.5. The highest BCUT2D eigenvalue weighted by Crippen LogP contribution is 2.63. The van der Waals surface area contributed by atoms with Crippen LogP contribution in [0.15, 0.2) is 24.3 Å². The Hall–Kier alpha value is -2.33. The molecule has 3 fully saturated rings. The molecule has 0 N–H and O–H groups in total. The highest BCUT2D eigenvalue weighted by Gasteiger charge is 2.54. The molecule has 10 heteroatoms. The first kappa shape index (κ1) is 26.3. The van der Waals surface area contributed by atoms with E-state index in [1.165, 1.54) is 25.7 Å². The highest BCUT2D eigenvalue weighted by atomic mass is 19.3. The topological polar surface area (TPSA) is 27.7 Å². The minimum absolute atomic E-state index is 0.127. The van der Waals surface area contributed by atoms with Crippen LogP contribution in [-0.2, 0) is 15.6 Å². The molecule has 1 spiro atoms. The maximum atomic E-state index is 14.7. The summed E-state index contributed by atoms with van der Waals surface area (Å²) >= 11 is 0. The number of ether oxygens (including phenoxy) is 3. The summed E-state index contributed by atoms with van der Waals surface area (Å²) in [7, 11) is 0. The fourth-order valence-corrected chi connectivity index (χ4v) is 6.28. The van der Waals surface area contributed by atoms with Crippen LogP contribution in [0, 0.1) is 52.3 Å². The second kappa shape index (κ2) is 9.76. The van der Waals surface area contributed by atoms with Gasteiger partial charge in [0, 0.05) is 23.6 Å². The summed E-state index contributed by atoms with van der Waals surface area (Å²) in [5.41, 5.74) is -1.43. The Morgan fingerprint density at radius 2 is 1.41 bits per heavy atom. The quantitative estimate of drug-likeness (QED) is 0.269. The van der Waals surface area contributed by atoms with Gasteiger partial charge in [-0.1, -0.05) is 19.8 Å². The molecule has 0 unspecified atom stereocenters. The second-order valence-electron chi connectivity index (χ2n) is 10.7. The second-order valence-corrected chi connectivity index (χ2v) is 10.7. The molecule has 2 saturated carbocycles. The van der Waals surface area contributed by atoms with E-state index in [1.54, 1.807) is 0 Å². The van der Waals surface area contributed by atoms with Crippen LogP contribution in [0.4, 0.5) is 30.7 Å². The minimum Gasteiger partial charge on any atom is -0.429 e. The third kappa shape index (κ3) is 5.06. The van der Waals surface area contributed by atoms with Crippen LogP contribution in [0.5, 0.6) is 5.75 Å². The van der Waals surface area contributed by atoms with Crippen molar-refractivity contribution in [2.75, 3.05) is 13.2 Å². The molecule has 2 aromatic rings. The van der Waals surface area contributed by atoms with E-state index in [0.29, 0.717) is 36.7 Å². The Kier molecular flexibility index (Phi) is 6.94. The van der Waals surface area contributed by atoms with Crippen molar-refractivity contribution in [3.63, 3.8) is 0 Å². The van der Waals surface area contributed by atoms with E-state index in [-0.39, 0.29) is 23.6 Å². The van der Waals surface area contributed by atoms with Crippen molar-refractivity contribution in [1.82, 2.24) is 0 Å². The van der Waals surface area contributed by atoms with Crippen molar-refractivity contribution in [1.29, 1.82) is 0 Å². The lowest BCUT2D eigenvalue weighted by Gasteiger charge is -2.60. The Morgan fingerprint density at radius 3 is 1.95 bits per heavy atom. The van der Waals surface area contributed by atoms with Gasteiger partial charge in [-0.05, 0) is 55.1 Å². The maximum Gasteiger partial charge on any atom is 0.432 e. The first-order valence-corrected chi connectivity index (χ1v) is 12.4. The summed E-state index contributed by atoms with van der Waals surface area (Å²) in [6.07, 6.45) is 1.51. The molecule has 0 amide bonds. The summed E-state index contributed by atoms with van der Waals surface area (Å²) in [6.45, 7) is 2.86. The molecule has 1 aliphatic heterocycles. The molecular formula is C27H27F7O3. The minimum atomic E-state index is -4.65. The van der Waals surface area contributed by atoms with Crippen LogP contribution in [0.2, 0.25) is 0 Å². The maximum absolute atomic E-state index is 14.7. The van der Waals surface area contributed by atoms with Gasteiger partial charge in [0.15, 0.2) is 23.7 Å². The third-order valence-electron chi connectivity index (χ3n) is 7.95. The normalized spacial score (nSPS) is 29.6. The monoisotopic (exact) mass is 532 g/mol. The molecule has 3 aliphatic rings. The number of alkyl halides is 2. The number of rotatable bonds is 7. The molecule has 5 rings (SSSR count). The van der Waals surface area contributed by atoms with E-state index in [1.807, 2.05) is 0 Å². The van der Waals surface area contributed by atoms with Crippen molar-refractivity contribution < 1.29 is 44.9 Å². The van der Waals surface area contributed by atoms with E-state index < -0.39 is 52.8 Å². The Labute approximate surface area is 209 Å². The van der Waals surface area contributed by atoms with Crippen LogP contribution in [-0.4, -0.2) is 13.2 Å². The van der Waals surface area contributed by atoms with E-state index >= 15 is 0 Å². The van der Waals surface area contributed by atoms with Crippen molar-refractivity contribution in [3.8, 4) is 5.75 Å². The van der Waals surface area contributed by atoms with E-state index in [4.69, 9.17) is 9.47 Å². The molecule has 2 aliphatic carbocycles. The van der Waals surface area contributed by atoms with Crippen LogP contribution in [0.25, 0.3) is 0 Å².